The molecule has 0 bridgehead atoms. The number of aryl methyl sites for hydroxylation is 2. The van der Waals surface area contributed by atoms with Gasteiger partial charge >= 0.3 is 0 Å². The van der Waals surface area contributed by atoms with Gasteiger partial charge in [0, 0.05) is 25.4 Å². The van der Waals surface area contributed by atoms with Crippen molar-refractivity contribution in [1.82, 2.24) is 19.3 Å². The van der Waals surface area contributed by atoms with E-state index in [1.54, 1.807) is 30.3 Å². The minimum atomic E-state index is -0.00856. The molecular formula is C13H18N6O. The third-order valence-electron chi connectivity index (χ3n) is 3.60. The Balaban J connectivity index is 2.51. The Bertz CT molecular complexity index is 701. The average molecular weight is 274 g/mol. The van der Waals surface area contributed by atoms with Crippen molar-refractivity contribution in [2.45, 2.75) is 27.7 Å². The van der Waals surface area contributed by atoms with E-state index in [1.807, 2.05) is 20.8 Å². The van der Waals surface area contributed by atoms with Gasteiger partial charge in [0.1, 0.15) is 11.5 Å². The lowest BCUT2D eigenvalue weighted by molar-refractivity contribution is 0.734. The molecule has 0 saturated heterocycles. The van der Waals surface area contributed by atoms with Crippen LogP contribution >= 0.6 is 0 Å². The molecule has 0 aliphatic rings. The van der Waals surface area contributed by atoms with Crippen LogP contribution in [0.4, 0.5) is 11.6 Å². The van der Waals surface area contributed by atoms with Gasteiger partial charge in [-0.3, -0.25) is 9.48 Å². The summed E-state index contributed by atoms with van der Waals surface area (Å²) in [7, 11) is 3.53. The number of hydrogen-bond donors (Lipinski definition) is 0. The molecule has 0 radical (unpaired) electrons. The molecular weight excluding hydrogens is 256 g/mol. The summed E-state index contributed by atoms with van der Waals surface area (Å²) in [5.74, 6) is 1.08. The molecule has 106 valence electrons. The van der Waals surface area contributed by atoms with Gasteiger partial charge in [0.25, 0.3) is 11.5 Å². The second-order valence-electron chi connectivity index (χ2n) is 4.83. The molecule has 2 rings (SSSR count). The molecule has 0 N–H and O–H groups in total. The third kappa shape index (κ3) is 2.26. The maximum atomic E-state index is 11.9. The van der Waals surface area contributed by atoms with Crippen molar-refractivity contribution in [3.8, 4) is 0 Å². The van der Waals surface area contributed by atoms with E-state index in [0.717, 1.165) is 17.1 Å². The number of rotatable bonds is 2. The summed E-state index contributed by atoms with van der Waals surface area (Å²) in [4.78, 5) is 16.1. The smallest absolute Gasteiger partial charge is 0.287 e. The normalized spacial score (nSPS) is 11.5. The number of aromatic nitrogens is 4. The van der Waals surface area contributed by atoms with Crippen molar-refractivity contribution < 1.29 is 0 Å². The van der Waals surface area contributed by atoms with E-state index >= 15 is 0 Å². The van der Waals surface area contributed by atoms with Crippen molar-refractivity contribution in [2.75, 3.05) is 0 Å². The zero-order valence-electron chi connectivity index (χ0n) is 12.6. The Labute approximate surface area is 117 Å². The Morgan fingerprint density at radius 2 is 1.65 bits per heavy atom. The highest BCUT2D eigenvalue weighted by molar-refractivity contribution is 5.52. The molecule has 0 atom stereocenters. The van der Waals surface area contributed by atoms with Gasteiger partial charge in [0.05, 0.1) is 0 Å². The minimum Gasteiger partial charge on any atom is -0.314 e. The van der Waals surface area contributed by atoms with Gasteiger partial charge in [-0.25, -0.2) is 0 Å². The number of pyridine rings is 1. The van der Waals surface area contributed by atoms with Crippen LogP contribution in [0, 0.1) is 27.7 Å². The van der Waals surface area contributed by atoms with Crippen LogP contribution in [0.3, 0.4) is 0 Å². The predicted molar refractivity (Wildman–Crippen MR) is 75.8 cm³/mol. The molecule has 0 saturated carbocycles. The Kier molecular flexibility index (Phi) is 3.52. The lowest BCUT2D eigenvalue weighted by Crippen LogP contribution is -2.22. The predicted octanol–water partition coefficient (Wildman–Crippen LogP) is 2.16. The van der Waals surface area contributed by atoms with Crippen LogP contribution in [0.25, 0.3) is 0 Å². The highest BCUT2D eigenvalue weighted by atomic mass is 16.1. The Morgan fingerprint density at radius 1 is 1.00 bits per heavy atom. The number of azo groups is 1. The summed E-state index contributed by atoms with van der Waals surface area (Å²) < 4.78 is 3.22. The maximum Gasteiger partial charge on any atom is 0.287 e. The highest BCUT2D eigenvalue weighted by Crippen LogP contribution is 2.25. The van der Waals surface area contributed by atoms with Gasteiger partial charge in [-0.1, -0.05) is 0 Å². The van der Waals surface area contributed by atoms with Crippen molar-refractivity contribution >= 4 is 11.6 Å². The van der Waals surface area contributed by atoms with Gasteiger partial charge in [0.2, 0.25) is 0 Å². The van der Waals surface area contributed by atoms with Crippen LogP contribution in [0.2, 0.25) is 0 Å². The quantitative estimate of drug-likeness (QED) is 0.787. The van der Waals surface area contributed by atoms with Gasteiger partial charge in [-0.15, -0.1) is 15.3 Å². The fourth-order valence-electron chi connectivity index (χ4n) is 1.90. The van der Waals surface area contributed by atoms with Crippen LogP contribution in [0.5, 0.6) is 0 Å². The lowest BCUT2D eigenvalue weighted by Gasteiger charge is -2.11. The topological polar surface area (TPSA) is 77.4 Å². The molecule has 0 aliphatic heterocycles. The molecule has 0 unspecified atom stereocenters. The summed E-state index contributed by atoms with van der Waals surface area (Å²) in [6.07, 6.45) is 0. The largest absolute Gasteiger partial charge is 0.314 e. The second-order valence-corrected chi connectivity index (χ2v) is 4.83. The first-order chi connectivity index (χ1) is 9.32. The van der Waals surface area contributed by atoms with Crippen LogP contribution in [0.1, 0.15) is 22.6 Å². The molecule has 2 aromatic heterocycles. The molecule has 0 amide bonds. The van der Waals surface area contributed by atoms with E-state index in [0.29, 0.717) is 17.2 Å². The van der Waals surface area contributed by atoms with E-state index in [9.17, 15) is 4.79 Å². The molecule has 20 heavy (non-hydrogen) atoms. The maximum absolute atomic E-state index is 11.9. The molecule has 0 fully saturated rings. The fourth-order valence-corrected chi connectivity index (χ4v) is 1.90. The highest BCUT2D eigenvalue weighted by Gasteiger charge is 2.12. The molecule has 0 spiro atoms. The standard InChI is InChI=1S/C13H18N6O/c1-7-8(2)12(20)18(5)9(3)11(7)15-16-13-14-10(4)19(6)17-13/h1-6H3. The average Bonchev–Trinajstić information content (AvgIpc) is 2.73. The van der Waals surface area contributed by atoms with Crippen LogP contribution < -0.4 is 5.56 Å². The van der Waals surface area contributed by atoms with E-state index in [1.165, 1.54) is 0 Å². The molecule has 2 aromatic rings. The number of hydrogen-bond acceptors (Lipinski definition) is 5. The summed E-state index contributed by atoms with van der Waals surface area (Å²) in [6.45, 7) is 7.35. The molecule has 7 nitrogen and oxygen atoms in total. The zero-order chi connectivity index (χ0) is 15.0. The van der Waals surface area contributed by atoms with E-state index in [4.69, 9.17) is 0 Å². The van der Waals surface area contributed by atoms with Crippen molar-refractivity contribution in [2.24, 2.45) is 24.3 Å². The summed E-state index contributed by atoms with van der Waals surface area (Å²) >= 11 is 0. The zero-order valence-corrected chi connectivity index (χ0v) is 12.6. The monoisotopic (exact) mass is 274 g/mol. The van der Waals surface area contributed by atoms with E-state index in [2.05, 4.69) is 20.3 Å². The molecule has 7 heteroatoms. The second kappa shape index (κ2) is 4.99. The van der Waals surface area contributed by atoms with Crippen LogP contribution in [-0.4, -0.2) is 19.3 Å². The van der Waals surface area contributed by atoms with Gasteiger partial charge in [-0.05, 0) is 33.3 Å². The first kappa shape index (κ1) is 14.1. The van der Waals surface area contributed by atoms with Crippen molar-refractivity contribution in [1.29, 1.82) is 0 Å². The van der Waals surface area contributed by atoms with Crippen molar-refractivity contribution in [3.05, 3.63) is 33.0 Å². The number of nitrogens with zero attached hydrogens (tertiary/aromatic N) is 6. The summed E-state index contributed by atoms with van der Waals surface area (Å²) in [6, 6.07) is 0. The molecule has 0 aliphatic carbocycles. The van der Waals surface area contributed by atoms with Crippen molar-refractivity contribution in [3.63, 3.8) is 0 Å². The minimum absolute atomic E-state index is 0.00856. The first-order valence-corrected chi connectivity index (χ1v) is 6.29. The van der Waals surface area contributed by atoms with Gasteiger partial charge in [-0.2, -0.15) is 4.98 Å². The molecule has 2 heterocycles. The SMILES string of the molecule is Cc1c(N=Nc2nc(C)n(C)n2)c(C)n(C)c(=O)c1C. The summed E-state index contributed by atoms with van der Waals surface area (Å²) in [5, 5.41) is 12.4. The summed E-state index contributed by atoms with van der Waals surface area (Å²) in [5.41, 5.74) is 2.97. The Hall–Kier alpha value is -2.31. The lowest BCUT2D eigenvalue weighted by atomic mass is 10.1. The first-order valence-electron chi connectivity index (χ1n) is 6.29. The van der Waals surface area contributed by atoms with Crippen LogP contribution in [-0.2, 0) is 14.1 Å². The van der Waals surface area contributed by atoms with E-state index < -0.39 is 0 Å². The molecule has 0 aromatic carbocycles. The fraction of sp³-hybridized carbons (Fsp3) is 0.462. The van der Waals surface area contributed by atoms with E-state index in [-0.39, 0.29) is 5.56 Å². The van der Waals surface area contributed by atoms with Gasteiger partial charge in [0.15, 0.2) is 0 Å². The van der Waals surface area contributed by atoms with Gasteiger partial charge < -0.3 is 4.57 Å². The van der Waals surface area contributed by atoms with Crippen LogP contribution in [0.15, 0.2) is 15.0 Å². The Morgan fingerprint density at radius 3 is 2.20 bits per heavy atom. The third-order valence-corrected chi connectivity index (χ3v) is 3.60.